The average Bonchev–Trinajstić information content (AvgIpc) is 3.56. The van der Waals surface area contributed by atoms with E-state index in [-0.39, 0.29) is 23.0 Å². The summed E-state index contributed by atoms with van der Waals surface area (Å²) in [6.45, 7) is 11.5. The summed E-state index contributed by atoms with van der Waals surface area (Å²) in [5.74, 6) is 2.92. The molecule has 8 rings (SSSR count). The molecule has 0 unspecified atom stereocenters. The molecule has 0 amide bonds. The van der Waals surface area contributed by atoms with Crippen LogP contribution in [0.15, 0.2) is 11.6 Å². The molecule has 1 spiro atoms. The van der Waals surface area contributed by atoms with Crippen molar-refractivity contribution < 1.29 is 59.1 Å². The van der Waals surface area contributed by atoms with Crippen LogP contribution in [0.4, 0.5) is 0 Å². The van der Waals surface area contributed by atoms with Crippen LogP contribution in [-0.4, -0.2) is 123 Å². The Morgan fingerprint density at radius 3 is 2.33 bits per heavy atom. The highest BCUT2D eigenvalue weighted by atomic mass is 16.8. The number of allylic oxidation sites excluding steroid dienone is 1. The number of aliphatic hydroxyl groups is 6. The van der Waals surface area contributed by atoms with Gasteiger partial charge >= 0.3 is 0 Å². The van der Waals surface area contributed by atoms with E-state index in [9.17, 15) is 30.6 Å². The maximum atomic E-state index is 11.1. The predicted molar refractivity (Wildman–Crippen MR) is 182 cm³/mol. The quantitative estimate of drug-likeness (QED) is 0.229. The highest BCUT2D eigenvalue weighted by Crippen LogP contribution is 2.70. The smallest absolute Gasteiger partial charge is 0.187 e. The van der Waals surface area contributed by atoms with E-state index in [1.165, 1.54) is 31.8 Å². The molecule has 4 saturated heterocycles. The minimum Gasteiger partial charge on any atom is -0.394 e. The van der Waals surface area contributed by atoms with Gasteiger partial charge in [0.05, 0.1) is 31.5 Å². The van der Waals surface area contributed by atoms with Crippen LogP contribution >= 0.6 is 0 Å². The van der Waals surface area contributed by atoms with E-state index in [4.69, 9.17) is 28.4 Å². The van der Waals surface area contributed by atoms with E-state index >= 15 is 0 Å². The molecule has 290 valence electrons. The van der Waals surface area contributed by atoms with Gasteiger partial charge in [-0.2, -0.15) is 0 Å². The van der Waals surface area contributed by atoms with Gasteiger partial charge < -0.3 is 59.1 Å². The lowest BCUT2D eigenvalue weighted by Gasteiger charge is -2.58. The molecule has 8 aliphatic rings. The summed E-state index contributed by atoms with van der Waals surface area (Å²) in [6.07, 6.45) is -1.68. The van der Waals surface area contributed by atoms with Gasteiger partial charge in [0.15, 0.2) is 18.4 Å². The monoisotopic (exact) mass is 722 g/mol. The summed E-state index contributed by atoms with van der Waals surface area (Å²) in [4.78, 5) is 0. The molecule has 4 aliphatic heterocycles. The molecule has 6 N–H and O–H groups in total. The summed E-state index contributed by atoms with van der Waals surface area (Å²) in [6, 6.07) is 0. The zero-order chi connectivity index (χ0) is 36.2. The molecule has 12 heteroatoms. The van der Waals surface area contributed by atoms with Crippen LogP contribution in [0, 0.1) is 46.3 Å². The van der Waals surface area contributed by atoms with E-state index in [0.29, 0.717) is 41.9 Å². The lowest BCUT2D eigenvalue weighted by molar-refractivity contribution is -0.369. The molecule has 3 saturated carbocycles. The second kappa shape index (κ2) is 13.5. The Labute approximate surface area is 301 Å². The van der Waals surface area contributed by atoms with Crippen LogP contribution in [0.25, 0.3) is 0 Å². The second-order valence-corrected chi connectivity index (χ2v) is 18.3. The van der Waals surface area contributed by atoms with Crippen LogP contribution in [0.3, 0.4) is 0 Å². The van der Waals surface area contributed by atoms with Crippen LogP contribution in [0.5, 0.6) is 0 Å². The van der Waals surface area contributed by atoms with Gasteiger partial charge in [-0.1, -0.05) is 39.3 Å². The fourth-order valence-corrected chi connectivity index (χ4v) is 12.5. The maximum absolute atomic E-state index is 11.1. The lowest BCUT2D eigenvalue weighted by Crippen LogP contribution is -2.64. The Morgan fingerprint density at radius 2 is 1.61 bits per heavy atom. The minimum absolute atomic E-state index is 0.0535. The zero-order valence-electron chi connectivity index (χ0n) is 30.9. The van der Waals surface area contributed by atoms with E-state index in [0.717, 1.165) is 38.7 Å². The average molecular weight is 723 g/mol. The molecular formula is C39H62O12. The molecule has 4 heterocycles. The highest BCUT2D eigenvalue weighted by molar-refractivity contribution is 5.26. The molecule has 7 fully saturated rings. The van der Waals surface area contributed by atoms with Crippen molar-refractivity contribution >= 4 is 0 Å². The summed E-state index contributed by atoms with van der Waals surface area (Å²) in [5.41, 5.74) is 1.70. The zero-order valence-corrected chi connectivity index (χ0v) is 30.9. The molecule has 0 bridgehead atoms. The van der Waals surface area contributed by atoms with Crippen molar-refractivity contribution in [3.63, 3.8) is 0 Å². The molecule has 4 aliphatic carbocycles. The second-order valence-electron chi connectivity index (χ2n) is 18.3. The van der Waals surface area contributed by atoms with Crippen LogP contribution in [0.1, 0.15) is 92.4 Å². The third-order valence-corrected chi connectivity index (χ3v) is 15.6. The van der Waals surface area contributed by atoms with Gasteiger partial charge in [0.1, 0.15) is 42.7 Å². The first-order chi connectivity index (χ1) is 24.2. The SMILES string of the molecule is C[C@H]1CC[C@]2(OC1)O[C@H]1C[C@H]3[C@@H]4CC=C5C[C@@H](O[C@@H]6O[C@H](CO)[C@@H](O)[C@H](O)[C@H]6O[C@@H]6O[C@@H](C)[C@H](O)[C@@H](O)[C@H]6O)CC[C@]5(C)[C@H]4CC[C@]3(C)[C@H]1[C@H]2C. The fraction of sp³-hybridized carbons (Fsp3) is 0.949. The highest BCUT2D eigenvalue weighted by Gasteiger charge is 2.68. The van der Waals surface area contributed by atoms with Crippen molar-refractivity contribution in [1.82, 2.24) is 0 Å². The van der Waals surface area contributed by atoms with Gasteiger partial charge in [-0.15, -0.1) is 0 Å². The van der Waals surface area contributed by atoms with Gasteiger partial charge in [-0.25, -0.2) is 0 Å². The Hall–Kier alpha value is -0.740. The normalized spacial score (nSPS) is 58.4. The van der Waals surface area contributed by atoms with E-state index in [1.54, 1.807) is 0 Å². The van der Waals surface area contributed by atoms with Gasteiger partial charge in [-0.3, -0.25) is 0 Å². The number of rotatable bonds is 5. The molecule has 0 aromatic carbocycles. The van der Waals surface area contributed by atoms with Crippen molar-refractivity contribution in [3.05, 3.63) is 11.6 Å². The van der Waals surface area contributed by atoms with Crippen molar-refractivity contribution in [3.8, 4) is 0 Å². The predicted octanol–water partition coefficient (Wildman–Crippen LogP) is 2.39. The molecule has 0 aromatic rings. The number of hydrogen-bond donors (Lipinski definition) is 6. The van der Waals surface area contributed by atoms with Gasteiger partial charge in [0.25, 0.3) is 0 Å². The van der Waals surface area contributed by atoms with E-state index in [1.807, 2.05) is 0 Å². The number of aliphatic hydroxyl groups excluding tert-OH is 6. The number of ether oxygens (including phenoxy) is 6. The summed E-state index contributed by atoms with van der Waals surface area (Å²) in [5, 5.41) is 62.9. The third-order valence-electron chi connectivity index (χ3n) is 15.6. The summed E-state index contributed by atoms with van der Waals surface area (Å²) in [7, 11) is 0. The van der Waals surface area contributed by atoms with E-state index in [2.05, 4.69) is 33.8 Å². The number of fused-ring (bicyclic) bond motifs is 7. The Bertz CT molecular complexity index is 1300. The fourth-order valence-electron chi connectivity index (χ4n) is 12.5. The molecular weight excluding hydrogens is 660 g/mol. The Balaban J connectivity index is 0.964. The minimum atomic E-state index is -1.61. The Morgan fingerprint density at radius 1 is 0.824 bits per heavy atom. The number of hydrogen-bond acceptors (Lipinski definition) is 12. The van der Waals surface area contributed by atoms with Crippen molar-refractivity contribution in [2.75, 3.05) is 13.2 Å². The molecule has 0 radical (unpaired) electrons. The molecule has 21 atom stereocenters. The first-order valence-electron chi connectivity index (χ1n) is 19.8. The van der Waals surface area contributed by atoms with Gasteiger partial charge in [0.2, 0.25) is 0 Å². The van der Waals surface area contributed by atoms with E-state index < -0.39 is 73.8 Å². The van der Waals surface area contributed by atoms with Crippen LogP contribution < -0.4 is 0 Å². The van der Waals surface area contributed by atoms with Crippen LogP contribution in [0.2, 0.25) is 0 Å². The molecule has 12 nitrogen and oxygen atoms in total. The topological polar surface area (TPSA) is 177 Å². The van der Waals surface area contributed by atoms with Crippen molar-refractivity contribution in [2.45, 2.75) is 172 Å². The van der Waals surface area contributed by atoms with Crippen molar-refractivity contribution in [1.29, 1.82) is 0 Å². The summed E-state index contributed by atoms with van der Waals surface area (Å²) < 4.78 is 37.6. The standard InChI is InChI=1S/C39H62O12/c1-18-8-13-39(46-17-18)19(2)28-26(51-39)15-25-23-7-6-21-14-22(9-11-37(21,4)24(23)10-12-38(25,28)5)48-36-34(32(44)30(42)27(16-40)49-36)50-35-33(45)31(43)29(41)20(3)47-35/h6,18-20,22-36,40-45H,7-17H2,1-5H3/t18-,19+,20-,22-,23+,24-,25-,26-,27+,28-,29-,30+,31+,32-,33+,34+,35-,36+,37-,38-,39-/m0/s1. The largest absolute Gasteiger partial charge is 0.394 e. The maximum Gasteiger partial charge on any atom is 0.187 e. The van der Waals surface area contributed by atoms with Gasteiger partial charge in [0, 0.05) is 12.3 Å². The first-order valence-corrected chi connectivity index (χ1v) is 19.8. The van der Waals surface area contributed by atoms with Crippen molar-refractivity contribution in [2.24, 2.45) is 46.3 Å². The van der Waals surface area contributed by atoms with Gasteiger partial charge in [-0.05, 0) is 98.7 Å². The molecule has 0 aromatic heterocycles. The Kier molecular flexibility index (Phi) is 9.83. The first kappa shape index (κ1) is 37.2. The van der Waals surface area contributed by atoms with Crippen LogP contribution in [-0.2, 0) is 28.4 Å². The molecule has 51 heavy (non-hydrogen) atoms. The summed E-state index contributed by atoms with van der Waals surface area (Å²) >= 11 is 0. The third kappa shape index (κ3) is 5.84. The lowest BCUT2D eigenvalue weighted by atomic mass is 9.47.